The Labute approximate surface area is 167 Å². The van der Waals surface area contributed by atoms with Crippen molar-refractivity contribution in [3.05, 3.63) is 58.6 Å². The standard InChI is InChI=1S/C22H22N2OS2/c25-21(14-26-17-11-10-15-5-3-6-16(15)13-17)24-12-4-8-19(24)22-23-18-7-1-2-9-20(18)27-22/h1-2,7,9-11,13,19H,3-6,8,12,14H2. The molecule has 1 amide bonds. The molecular formula is C22H22N2OS2. The summed E-state index contributed by atoms with van der Waals surface area (Å²) in [5.74, 6) is 0.752. The fraction of sp³-hybridized carbons (Fsp3) is 0.364. The molecular weight excluding hydrogens is 372 g/mol. The predicted molar refractivity (Wildman–Crippen MR) is 112 cm³/mol. The molecule has 1 unspecified atom stereocenters. The van der Waals surface area contributed by atoms with E-state index in [0.29, 0.717) is 5.75 Å². The average molecular weight is 395 g/mol. The zero-order chi connectivity index (χ0) is 18.2. The van der Waals surface area contributed by atoms with Crippen molar-refractivity contribution in [2.45, 2.75) is 43.0 Å². The average Bonchev–Trinajstić information content (AvgIpc) is 3.43. The third-order valence-corrected chi connectivity index (χ3v) is 7.72. The van der Waals surface area contributed by atoms with E-state index in [2.05, 4.69) is 41.3 Å². The van der Waals surface area contributed by atoms with Crippen LogP contribution in [0.15, 0.2) is 47.4 Å². The van der Waals surface area contributed by atoms with Gasteiger partial charge in [0.15, 0.2) is 0 Å². The van der Waals surface area contributed by atoms with Crippen LogP contribution in [0.25, 0.3) is 10.2 Å². The number of para-hydroxylation sites is 1. The summed E-state index contributed by atoms with van der Waals surface area (Å²) in [7, 11) is 0. The van der Waals surface area contributed by atoms with E-state index in [9.17, 15) is 4.79 Å². The lowest BCUT2D eigenvalue weighted by Gasteiger charge is -2.23. The second kappa shape index (κ2) is 7.28. The molecule has 0 N–H and O–H groups in total. The largest absolute Gasteiger partial charge is 0.332 e. The molecule has 5 heteroatoms. The molecule has 5 rings (SSSR count). The van der Waals surface area contributed by atoms with Crippen molar-refractivity contribution < 1.29 is 4.79 Å². The van der Waals surface area contributed by atoms with E-state index in [-0.39, 0.29) is 11.9 Å². The first-order valence-electron chi connectivity index (χ1n) is 9.67. The first-order chi connectivity index (χ1) is 13.3. The number of hydrogen-bond acceptors (Lipinski definition) is 4. The van der Waals surface area contributed by atoms with Gasteiger partial charge in [-0.15, -0.1) is 23.1 Å². The Morgan fingerprint density at radius 3 is 2.96 bits per heavy atom. The molecule has 1 fully saturated rings. The second-order valence-corrected chi connectivity index (χ2v) is 9.45. The molecule has 3 nitrogen and oxygen atoms in total. The van der Waals surface area contributed by atoms with Crippen LogP contribution in [0.3, 0.4) is 0 Å². The molecule has 3 aromatic rings. The molecule has 0 saturated carbocycles. The number of carbonyl (C=O) groups excluding carboxylic acids is 1. The van der Waals surface area contributed by atoms with Gasteiger partial charge in [-0.2, -0.15) is 0 Å². The molecule has 2 aliphatic rings. The first kappa shape index (κ1) is 17.3. The highest BCUT2D eigenvalue weighted by Crippen LogP contribution is 2.37. The summed E-state index contributed by atoms with van der Waals surface area (Å²) in [5.41, 5.74) is 4.01. The van der Waals surface area contributed by atoms with Crippen molar-refractivity contribution >= 4 is 39.2 Å². The number of fused-ring (bicyclic) bond motifs is 2. The Hall–Kier alpha value is -1.85. The quantitative estimate of drug-likeness (QED) is 0.567. The Morgan fingerprint density at radius 1 is 1.15 bits per heavy atom. The van der Waals surface area contributed by atoms with Crippen LogP contribution in [0.1, 0.15) is 41.4 Å². The van der Waals surface area contributed by atoms with E-state index >= 15 is 0 Å². The maximum absolute atomic E-state index is 12.9. The lowest BCUT2D eigenvalue weighted by atomic mass is 10.1. The monoisotopic (exact) mass is 394 g/mol. The SMILES string of the molecule is O=C(CSc1ccc2c(c1)CCC2)N1CCCC1c1nc2ccccc2s1. The zero-order valence-corrected chi connectivity index (χ0v) is 16.8. The van der Waals surface area contributed by atoms with Crippen LogP contribution in [0.4, 0.5) is 0 Å². The van der Waals surface area contributed by atoms with Gasteiger partial charge in [0.05, 0.1) is 22.0 Å². The fourth-order valence-electron chi connectivity index (χ4n) is 4.22. The van der Waals surface area contributed by atoms with Gasteiger partial charge >= 0.3 is 0 Å². The molecule has 1 saturated heterocycles. The lowest BCUT2D eigenvalue weighted by molar-refractivity contribution is -0.129. The van der Waals surface area contributed by atoms with Crippen LogP contribution in [0.2, 0.25) is 0 Å². The molecule has 1 atom stereocenters. The summed E-state index contributed by atoms with van der Waals surface area (Å²) < 4.78 is 1.21. The number of thioether (sulfide) groups is 1. The lowest BCUT2D eigenvalue weighted by Crippen LogP contribution is -2.31. The number of carbonyl (C=O) groups is 1. The van der Waals surface area contributed by atoms with Gasteiger partial charge in [-0.05, 0) is 67.5 Å². The van der Waals surface area contributed by atoms with Crippen molar-refractivity contribution in [1.82, 2.24) is 9.88 Å². The third kappa shape index (κ3) is 3.39. The van der Waals surface area contributed by atoms with Gasteiger partial charge in [-0.3, -0.25) is 4.79 Å². The Bertz CT molecular complexity index is 964. The molecule has 2 aromatic carbocycles. The van der Waals surface area contributed by atoms with Crippen molar-refractivity contribution in [1.29, 1.82) is 0 Å². The number of hydrogen-bond donors (Lipinski definition) is 0. The fourth-order valence-corrected chi connectivity index (χ4v) is 6.18. The molecule has 1 aliphatic carbocycles. The van der Waals surface area contributed by atoms with Crippen LogP contribution >= 0.6 is 23.1 Å². The van der Waals surface area contributed by atoms with E-state index in [0.717, 1.165) is 29.9 Å². The maximum Gasteiger partial charge on any atom is 0.233 e. The number of likely N-dealkylation sites (tertiary alicyclic amines) is 1. The van der Waals surface area contributed by atoms with Gasteiger partial charge in [-0.1, -0.05) is 18.2 Å². The summed E-state index contributed by atoms with van der Waals surface area (Å²) in [4.78, 5) is 21.0. The van der Waals surface area contributed by atoms with Gasteiger partial charge in [0.25, 0.3) is 0 Å². The number of aromatic nitrogens is 1. The van der Waals surface area contributed by atoms with Crippen LogP contribution in [-0.4, -0.2) is 28.1 Å². The molecule has 1 aromatic heterocycles. The number of rotatable bonds is 4. The summed E-state index contributed by atoms with van der Waals surface area (Å²) in [6.07, 6.45) is 5.74. The number of nitrogens with zero attached hydrogens (tertiary/aromatic N) is 2. The Morgan fingerprint density at radius 2 is 2.04 bits per heavy atom. The van der Waals surface area contributed by atoms with E-state index in [1.807, 2.05) is 6.07 Å². The van der Waals surface area contributed by atoms with Gasteiger partial charge < -0.3 is 4.90 Å². The van der Waals surface area contributed by atoms with Crippen LogP contribution in [0.5, 0.6) is 0 Å². The minimum absolute atomic E-state index is 0.149. The Kier molecular flexibility index (Phi) is 4.66. The molecule has 0 radical (unpaired) electrons. The molecule has 0 spiro atoms. The normalized spacial score (nSPS) is 19.0. The molecule has 27 heavy (non-hydrogen) atoms. The molecule has 0 bridgehead atoms. The predicted octanol–water partition coefficient (Wildman–Crippen LogP) is 5.24. The first-order valence-corrected chi connectivity index (χ1v) is 11.5. The summed E-state index contributed by atoms with van der Waals surface area (Å²) >= 11 is 3.41. The minimum Gasteiger partial charge on any atom is -0.332 e. The van der Waals surface area contributed by atoms with Gasteiger partial charge in [0.1, 0.15) is 5.01 Å². The smallest absolute Gasteiger partial charge is 0.233 e. The van der Waals surface area contributed by atoms with Gasteiger partial charge in [0, 0.05) is 11.4 Å². The molecule has 138 valence electrons. The topological polar surface area (TPSA) is 33.2 Å². The maximum atomic E-state index is 12.9. The summed E-state index contributed by atoms with van der Waals surface area (Å²) in [6, 6.07) is 15.1. The summed E-state index contributed by atoms with van der Waals surface area (Å²) in [5, 5.41) is 1.09. The van der Waals surface area contributed by atoms with E-state index in [1.165, 1.54) is 40.0 Å². The molecule has 1 aliphatic heterocycles. The number of benzene rings is 2. The highest BCUT2D eigenvalue weighted by atomic mass is 32.2. The second-order valence-electron chi connectivity index (χ2n) is 7.34. The van der Waals surface area contributed by atoms with Crippen LogP contribution in [0, 0.1) is 0 Å². The summed E-state index contributed by atoms with van der Waals surface area (Å²) in [6.45, 7) is 0.851. The number of aryl methyl sites for hydroxylation is 2. The zero-order valence-electron chi connectivity index (χ0n) is 15.2. The third-order valence-electron chi connectivity index (χ3n) is 5.60. The number of amides is 1. The molecule has 2 heterocycles. The number of thiazole rings is 1. The Balaban J connectivity index is 1.29. The van der Waals surface area contributed by atoms with E-state index < -0.39 is 0 Å². The van der Waals surface area contributed by atoms with Gasteiger partial charge in [0.2, 0.25) is 5.91 Å². The van der Waals surface area contributed by atoms with Crippen molar-refractivity contribution in [3.8, 4) is 0 Å². The van der Waals surface area contributed by atoms with Crippen molar-refractivity contribution in [2.75, 3.05) is 12.3 Å². The van der Waals surface area contributed by atoms with Crippen molar-refractivity contribution in [2.24, 2.45) is 0 Å². The minimum atomic E-state index is 0.149. The van der Waals surface area contributed by atoms with E-state index in [4.69, 9.17) is 4.98 Å². The van der Waals surface area contributed by atoms with Gasteiger partial charge in [-0.25, -0.2) is 4.98 Å². The highest BCUT2D eigenvalue weighted by molar-refractivity contribution is 8.00. The highest BCUT2D eigenvalue weighted by Gasteiger charge is 2.32. The van der Waals surface area contributed by atoms with E-state index in [1.54, 1.807) is 23.1 Å². The van der Waals surface area contributed by atoms with Crippen LogP contribution < -0.4 is 0 Å². The van der Waals surface area contributed by atoms with Crippen LogP contribution in [-0.2, 0) is 17.6 Å². The van der Waals surface area contributed by atoms with Crippen molar-refractivity contribution in [3.63, 3.8) is 0 Å².